The molecule has 0 radical (unpaired) electrons. The fourth-order valence-corrected chi connectivity index (χ4v) is 4.24. The van der Waals surface area contributed by atoms with E-state index in [0.29, 0.717) is 38.4 Å². The van der Waals surface area contributed by atoms with Gasteiger partial charge in [-0.3, -0.25) is 9.69 Å². The summed E-state index contributed by atoms with van der Waals surface area (Å²) in [5.41, 5.74) is 0.466. The Hall–Kier alpha value is -3.28. The van der Waals surface area contributed by atoms with Crippen LogP contribution in [-0.2, 0) is 6.54 Å². The van der Waals surface area contributed by atoms with Crippen LogP contribution in [-0.4, -0.2) is 67.9 Å². The minimum atomic E-state index is -1.11. The van der Waals surface area contributed by atoms with Gasteiger partial charge in [0.2, 0.25) is 4.80 Å². The first-order valence-electron chi connectivity index (χ1n) is 10.9. The number of amides is 1. The molecule has 1 saturated heterocycles. The molecule has 186 valence electrons. The molecule has 12 heteroatoms. The minimum Gasteiger partial charge on any atom is -0.478 e. The molecule has 9 nitrogen and oxygen atoms in total. The normalized spacial score (nSPS) is 14.4. The number of hydrogen-bond acceptors (Lipinski definition) is 7. The number of nitrogens with zero attached hydrogens (tertiary/aromatic N) is 5. The second kappa shape index (κ2) is 11.9. The number of halogens is 2. The lowest BCUT2D eigenvalue weighted by atomic mass is 10.1. The van der Waals surface area contributed by atoms with E-state index < -0.39 is 17.7 Å². The number of carboxylic acids is 1. The van der Waals surface area contributed by atoms with Crippen LogP contribution in [0.5, 0.6) is 0 Å². The standard InChI is InChI=1S/C21H19ClFN5O4S.C2H6/c22-16-3-1-2-15(18(16)23)19(29)27-6-4-26(5-7-27)12-14-10-13(20(30)31)11-17(24-14)25-21-28(32)8-9-33-21;1-2/h1-3,8-11,32H,4-7,12H2,(H,30,31);1-2H3/b25-21-;. The topological polar surface area (TPSA) is 111 Å². The van der Waals surface area contributed by atoms with E-state index in [1.807, 2.05) is 18.7 Å². The highest BCUT2D eigenvalue weighted by atomic mass is 35.5. The van der Waals surface area contributed by atoms with Gasteiger partial charge >= 0.3 is 5.97 Å². The van der Waals surface area contributed by atoms with Crippen LogP contribution in [0, 0.1) is 5.82 Å². The summed E-state index contributed by atoms with van der Waals surface area (Å²) < 4.78 is 15.0. The second-order valence-electron chi connectivity index (χ2n) is 7.32. The number of thiazole rings is 1. The number of rotatable bonds is 5. The maximum atomic E-state index is 14.2. The Balaban J connectivity index is 0.00000167. The predicted octanol–water partition coefficient (Wildman–Crippen LogP) is 3.89. The van der Waals surface area contributed by atoms with E-state index >= 15 is 0 Å². The molecule has 0 bridgehead atoms. The zero-order chi connectivity index (χ0) is 25.5. The number of aromatic nitrogens is 2. The van der Waals surface area contributed by atoms with Gasteiger partial charge in [-0.2, -0.15) is 9.72 Å². The van der Waals surface area contributed by atoms with Gasteiger partial charge in [0, 0.05) is 38.1 Å². The van der Waals surface area contributed by atoms with Gasteiger partial charge in [0.1, 0.15) is 0 Å². The van der Waals surface area contributed by atoms with Gasteiger partial charge in [-0.05, 0) is 24.3 Å². The Labute approximate surface area is 210 Å². The van der Waals surface area contributed by atoms with E-state index in [4.69, 9.17) is 11.6 Å². The molecule has 2 aromatic heterocycles. The quantitative estimate of drug-likeness (QED) is 0.493. The number of piperazine rings is 1. The number of carbonyl (C=O) groups excluding carboxylic acids is 1. The maximum Gasteiger partial charge on any atom is 0.335 e. The highest BCUT2D eigenvalue weighted by Crippen LogP contribution is 2.21. The van der Waals surface area contributed by atoms with Gasteiger partial charge in [-0.1, -0.05) is 31.5 Å². The Morgan fingerprint density at radius 3 is 2.54 bits per heavy atom. The van der Waals surface area contributed by atoms with Crippen LogP contribution in [0.2, 0.25) is 5.02 Å². The molecule has 1 fully saturated rings. The van der Waals surface area contributed by atoms with Crippen LogP contribution in [0.25, 0.3) is 0 Å². The molecule has 4 rings (SSSR count). The molecular weight excluding hydrogens is 497 g/mol. The molecule has 1 aliphatic rings. The summed E-state index contributed by atoms with van der Waals surface area (Å²) in [4.78, 5) is 36.7. The van der Waals surface area contributed by atoms with Crippen molar-refractivity contribution >= 4 is 40.6 Å². The zero-order valence-electron chi connectivity index (χ0n) is 19.2. The summed E-state index contributed by atoms with van der Waals surface area (Å²) in [6, 6.07) is 7.14. The number of hydrogen-bond donors (Lipinski definition) is 2. The molecule has 1 aliphatic heterocycles. The lowest BCUT2D eigenvalue weighted by molar-refractivity contribution is 0.0620. The van der Waals surface area contributed by atoms with Crippen molar-refractivity contribution in [3.8, 4) is 0 Å². The van der Waals surface area contributed by atoms with Gasteiger partial charge in [0.15, 0.2) is 11.6 Å². The van der Waals surface area contributed by atoms with Crippen LogP contribution in [0.3, 0.4) is 0 Å². The molecule has 0 spiro atoms. The maximum absolute atomic E-state index is 14.2. The van der Waals surface area contributed by atoms with Crippen molar-refractivity contribution in [1.29, 1.82) is 0 Å². The van der Waals surface area contributed by atoms with Crippen molar-refractivity contribution in [2.45, 2.75) is 20.4 Å². The minimum absolute atomic E-state index is 0.0324. The van der Waals surface area contributed by atoms with E-state index in [1.165, 1.54) is 47.9 Å². The zero-order valence-corrected chi connectivity index (χ0v) is 20.8. The third kappa shape index (κ3) is 6.44. The summed E-state index contributed by atoms with van der Waals surface area (Å²) in [7, 11) is 0. The molecule has 0 unspecified atom stereocenters. The van der Waals surface area contributed by atoms with Crippen LogP contribution in [0.1, 0.15) is 40.3 Å². The van der Waals surface area contributed by atoms with Crippen LogP contribution >= 0.6 is 22.9 Å². The van der Waals surface area contributed by atoms with Gasteiger partial charge in [-0.25, -0.2) is 14.2 Å². The molecule has 0 aliphatic carbocycles. The van der Waals surface area contributed by atoms with Gasteiger partial charge in [-0.15, -0.1) is 11.3 Å². The number of aromatic carboxylic acids is 1. The fraction of sp³-hybridized carbons (Fsp3) is 0.304. The molecule has 0 atom stereocenters. The number of carbonyl (C=O) groups is 2. The van der Waals surface area contributed by atoms with Crippen LogP contribution in [0.15, 0.2) is 46.9 Å². The number of benzene rings is 1. The lowest BCUT2D eigenvalue weighted by Gasteiger charge is -2.34. The first kappa shape index (κ1) is 26.3. The molecular formula is C23H25ClFN5O4S. The van der Waals surface area contributed by atoms with Crippen molar-refractivity contribution in [1.82, 2.24) is 19.5 Å². The van der Waals surface area contributed by atoms with Gasteiger partial charge in [0.25, 0.3) is 5.91 Å². The van der Waals surface area contributed by atoms with Gasteiger partial charge < -0.3 is 15.2 Å². The average molecular weight is 522 g/mol. The highest BCUT2D eigenvalue weighted by Gasteiger charge is 2.25. The molecule has 35 heavy (non-hydrogen) atoms. The van der Waals surface area contributed by atoms with Crippen molar-refractivity contribution in [3.63, 3.8) is 0 Å². The van der Waals surface area contributed by atoms with Crippen molar-refractivity contribution in [3.05, 3.63) is 74.4 Å². The number of carboxylic acid groups (broad SMARTS) is 1. The largest absolute Gasteiger partial charge is 0.478 e. The first-order chi connectivity index (χ1) is 16.8. The van der Waals surface area contributed by atoms with Crippen molar-refractivity contribution < 1.29 is 24.3 Å². The highest BCUT2D eigenvalue weighted by molar-refractivity contribution is 7.07. The van der Waals surface area contributed by atoms with Crippen molar-refractivity contribution in [2.75, 3.05) is 26.2 Å². The molecule has 2 N–H and O–H groups in total. The third-order valence-electron chi connectivity index (χ3n) is 5.12. The predicted molar refractivity (Wildman–Crippen MR) is 130 cm³/mol. The molecule has 1 aromatic carbocycles. The Bertz CT molecular complexity index is 1270. The van der Waals surface area contributed by atoms with E-state index in [2.05, 4.69) is 9.98 Å². The number of pyridine rings is 1. The van der Waals surface area contributed by atoms with Crippen LogP contribution in [0.4, 0.5) is 10.2 Å². The monoisotopic (exact) mass is 521 g/mol. The summed E-state index contributed by atoms with van der Waals surface area (Å²) in [6.45, 7) is 6.10. The molecule has 0 saturated carbocycles. The summed E-state index contributed by atoms with van der Waals surface area (Å²) in [5.74, 6) is -2.10. The fourth-order valence-electron chi connectivity index (χ4n) is 3.45. The Morgan fingerprint density at radius 1 is 1.20 bits per heavy atom. The summed E-state index contributed by atoms with van der Waals surface area (Å²) >= 11 is 6.97. The third-order valence-corrected chi connectivity index (χ3v) is 6.16. The van der Waals surface area contributed by atoms with E-state index in [1.54, 1.807) is 10.3 Å². The SMILES string of the molecule is CC.O=C(O)c1cc(CN2CCN(C(=O)c3cccc(Cl)c3F)CC2)nc(/N=c2\sccn2O)c1. The first-order valence-corrected chi connectivity index (χ1v) is 12.2. The smallest absolute Gasteiger partial charge is 0.335 e. The summed E-state index contributed by atoms with van der Waals surface area (Å²) in [6.07, 6.45) is 1.42. The Kier molecular flexibility index (Phi) is 8.96. The molecule has 1 amide bonds. The average Bonchev–Trinajstić information content (AvgIpc) is 3.26. The molecule has 3 heterocycles. The van der Waals surface area contributed by atoms with E-state index in [0.717, 1.165) is 4.73 Å². The summed E-state index contributed by atoms with van der Waals surface area (Å²) in [5, 5.41) is 20.7. The van der Waals surface area contributed by atoms with Crippen LogP contribution < -0.4 is 4.80 Å². The van der Waals surface area contributed by atoms with Crippen molar-refractivity contribution in [2.24, 2.45) is 4.99 Å². The van der Waals surface area contributed by atoms with Gasteiger partial charge in [0.05, 0.1) is 28.0 Å². The van der Waals surface area contributed by atoms with E-state index in [-0.39, 0.29) is 26.8 Å². The Morgan fingerprint density at radius 2 is 1.91 bits per heavy atom. The second-order valence-corrected chi connectivity index (χ2v) is 8.60. The van der Waals surface area contributed by atoms with E-state index in [9.17, 15) is 24.3 Å². The lowest BCUT2D eigenvalue weighted by Crippen LogP contribution is -2.48. The molecule has 3 aromatic rings.